The molecule has 1 atom stereocenters. The summed E-state index contributed by atoms with van der Waals surface area (Å²) >= 11 is 0. The second kappa shape index (κ2) is 8.68. The average Bonchev–Trinajstić information content (AvgIpc) is 2.67. The summed E-state index contributed by atoms with van der Waals surface area (Å²) in [7, 11) is -1.12. The fraction of sp³-hybridized carbons (Fsp3) is 0.263. The molecule has 0 amide bonds. The van der Waals surface area contributed by atoms with Crippen LogP contribution < -0.4 is 10.6 Å². The minimum absolute atomic E-state index is 0.184. The summed E-state index contributed by atoms with van der Waals surface area (Å²) < 4.78 is 12.0. The lowest BCUT2D eigenvalue weighted by atomic mass is 10.2. The number of benzene rings is 1. The Morgan fingerprint density at radius 3 is 2.48 bits per heavy atom. The van der Waals surface area contributed by atoms with Crippen molar-refractivity contribution in [2.75, 3.05) is 16.4 Å². The van der Waals surface area contributed by atoms with E-state index >= 15 is 0 Å². The first-order chi connectivity index (χ1) is 13.0. The molecule has 3 aromatic rings. The van der Waals surface area contributed by atoms with Crippen molar-refractivity contribution < 1.29 is 4.21 Å². The molecule has 1 unspecified atom stereocenters. The first kappa shape index (κ1) is 18.9. The maximum absolute atomic E-state index is 12.0. The van der Waals surface area contributed by atoms with Crippen LogP contribution in [0.1, 0.15) is 20.8 Å². The third kappa shape index (κ3) is 5.07. The first-order valence-electron chi connectivity index (χ1n) is 8.74. The predicted octanol–water partition coefficient (Wildman–Crippen LogP) is 3.63. The van der Waals surface area contributed by atoms with Crippen molar-refractivity contribution in [3.8, 4) is 11.4 Å². The summed E-state index contributed by atoms with van der Waals surface area (Å²) in [6, 6.07) is 13.5. The van der Waals surface area contributed by atoms with E-state index in [1.54, 1.807) is 18.3 Å². The van der Waals surface area contributed by atoms with Crippen molar-refractivity contribution in [2.45, 2.75) is 31.8 Å². The Morgan fingerprint density at radius 1 is 1.04 bits per heavy atom. The summed E-state index contributed by atoms with van der Waals surface area (Å²) in [5.41, 5.74) is 1.62. The third-order valence-corrected chi connectivity index (χ3v) is 4.79. The Kier molecular flexibility index (Phi) is 6.08. The molecule has 0 spiro atoms. The Morgan fingerprint density at radius 2 is 1.78 bits per heavy atom. The van der Waals surface area contributed by atoms with Gasteiger partial charge in [0.1, 0.15) is 5.03 Å². The highest BCUT2D eigenvalue weighted by molar-refractivity contribution is 7.84. The number of anilines is 3. The third-order valence-electron chi connectivity index (χ3n) is 3.57. The van der Waals surface area contributed by atoms with Crippen LogP contribution in [0.2, 0.25) is 0 Å². The highest BCUT2D eigenvalue weighted by Crippen LogP contribution is 2.21. The van der Waals surface area contributed by atoms with Gasteiger partial charge >= 0.3 is 0 Å². The van der Waals surface area contributed by atoms with Gasteiger partial charge in [-0.2, -0.15) is 15.0 Å². The molecule has 0 aliphatic carbocycles. The lowest BCUT2D eigenvalue weighted by Crippen LogP contribution is -2.14. The molecular formula is C19H22N6OS. The van der Waals surface area contributed by atoms with Crippen LogP contribution in [0.3, 0.4) is 0 Å². The van der Waals surface area contributed by atoms with E-state index in [0.717, 1.165) is 11.3 Å². The van der Waals surface area contributed by atoms with Gasteiger partial charge in [0.2, 0.25) is 11.9 Å². The zero-order valence-corrected chi connectivity index (χ0v) is 16.3. The molecular weight excluding hydrogens is 360 g/mol. The van der Waals surface area contributed by atoms with Gasteiger partial charge in [0, 0.05) is 29.2 Å². The minimum Gasteiger partial charge on any atom is -0.352 e. The molecule has 2 heterocycles. The lowest BCUT2D eigenvalue weighted by Gasteiger charge is -2.12. The molecule has 7 nitrogen and oxygen atoms in total. The topological polar surface area (TPSA) is 92.7 Å². The molecule has 0 saturated carbocycles. The van der Waals surface area contributed by atoms with E-state index in [2.05, 4.69) is 30.6 Å². The summed E-state index contributed by atoms with van der Waals surface area (Å²) in [4.78, 5) is 17.7. The van der Waals surface area contributed by atoms with Crippen molar-refractivity contribution in [1.82, 2.24) is 19.9 Å². The van der Waals surface area contributed by atoms with Crippen molar-refractivity contribution in [3.05, 3.63) is 48.7 Å². The van der Waals surface area contributed by atoms with E-state index in [1.165, 1.54) is 0 Å². The normalized spacial score (nSPS) is 12.0. The summed E-state index contributed by atoms with van der Waals surface area (Å²) in [5, 5.41) is 6.92. The lowest BCUT2D eigenvalue weighted by molar-refractivity contribution is 0.681. The van der Waals surface area contributed by atoms with E-state index in [4.69, 9.17) is 0 Å². The average molecular weight is 382 g/mol. The zero-order valence-electron chi connectivity index (χ0n) is 15.5. The van der Waals surface area contributed by atoms with Crippen molar-refractivity contribution >= 4 is 28.4 Å². The summed E-state index contributed by atoms with van der Waals surface area (Å²) in [6.07, 6.45) is 1.62. The number of nitrogens with one attached hydrogen (secondary N) is 2. The quantitative estimate of drug-likeness (QED) is 0.644. The fourth-order valence-electron chi connectivity index (χ4n) is 2.36. The first-order valence-corrected chi connectivity index (χ1v) is 10.1. The molecule has 0 fully saturated rings. The van der Waals surface area contributed by atoms with Gasteiger partial charge in [0.15, 0.2) is 5.82 Å². The fourth-order valence-corrected chi connectivity index (χ4v) is 3.09. The monoisotopic (exact) mass is 382 g/mol. The van der Waals surface area contributed by atoms with Gasteiger partial charge in [-0.3, -0.25) is 4.21 Å². The van der Waals surface area contributed by atoms with E-state index in [-0.39, 0.29) is 6.04 Å². The second-order valence-corrected chi connectivity index (χ2v) is 7.80. The molecule has 0 radical (unpaired) electrons. The molecule has 8 heteroatoms. The van der Waals surface area contributed by atoms with Crippen LogP contribution >= 0.6 is 0 Å². The van der Waals surface area contributed by atoms with Crippen LogP contribution in [-0.2, 0) is 10.8 Å². The van der Waals surface area contributed by atoms with E-state index in [9.17, 15) is 4.21 Å². The highest BCUT2D eigenvalue weighted by Gasteiger charge is 2.11. The SMILES string of the molecule is CCS(=O)c1cc(Nc2nc(NC(C)C)nc(-c3ccccc3)n2)ccn1. The van der Waals surface area contributed by atoms with Crippen molar-refractivity contribution in [1.29, 1.82) is 0 Å². The largest absolute Gasteiger partial charge is 0.352 e. The van der Waals surface area contributed by atoms with Gasteiger partial charge in [0.25, 0.3) is 0 Å². The molecule has 1 aromatic carbocycles. The number of hydrogen-bond acceptors (Lipinski definition) is 7. The number of hydrogen-bond donors (Lipinski definition) is 2. The van der Waals surface area contributed by atoms with E-state index < -0.39 is 10.8 Å². The molecule has 0 saturated heterocycles. The predicted molar refractivity (Wildman–Crippen MR) is 108 cm³/mol. The molecule has 0 aliphatic heterocycles. The number of rotatable bonds is 7. The van der Waals surface area contributed by atoms with Crippen LogP contribution in [0, 0.1) is 0 Å². The van der Waals surface area contributed by atoms with Gasteiger partial charge in [-0.05, 0) is 26.0 Å². The van der Waals surface area contributed by atoms with Gasteiger partial charge in [0.05, 0.1) is 10.8 Å². The van der Waals surface area contributed by atoms with E-state index in [0.29, 0.717) is 28.5 Å². The highest BCUT2D eigenvalue weighted by atomic mass is 32.2. The van der Waals surface area contributed by atoms with Gasteiger partial charge in [-0.25, -0.2) is 4.98 Å². The van der Waals surface area contributed by atoms with Crippen LogP contribution in [-0.4, -0.2) is 35.9 Å². The smallest absolute Gasteiger partial charge is 0.232 e. The van der Waals surface area contributed by atoms with E-state index in [1.807, 2.05) is 51.1 Å². The second-order valence-electron chi connectivity index (χ2n) is 6.11. The Balaban J connectivity index is 1.96. The van der Waals surface area contributed by atoms with Gasteiger partial charge < -0.3 is 10.6 Å². The van der Waals surface area contributed by atoms with Crippen LogP contribution in [0.5, 0.6) is 0 Å². The maximum atomic E-state index is 12.0. The standard InChI is InChI=1S/C19H22N6OS/c1-4-27(26)16-12-15(10-11-20-16)22-19-24-17(14-8-6-5-7-9-14)23-18(25-19)21-13(2)3/h5-13H,4H2,1-3H3,(H2,20,21,22,23,24,25). The molecule has 0 bridgehead atoms. The molecule has 2 aromatic heterocycles. The summed E-state index contributed by atoms with van der Waals surface area (Å²) in [6.45, 7) is 5.91. The molecule has 27 heavy (non-hydrogen) atoms. The number of nitrogens with zero attached hydrogens (tertiary/aromatic N) is 4. The Hall–Kier alpha value is -2.87. The number of pyridine rings is 1. The van der Waals surface area contributed by atoms with Crippen LogP contribution in [0.25, 0.3) is 11.4 Å². The minimum atomic E-state index is -1.12. The number of aromatic nitrogens is 4. The molecule has 3 rings (SSSR count). The Bertz CT molecular complexity index is 932. The van der Waals surface area contributed by atoms with Crippen molar-refractivity contribution in [3.63, 3.8) is 0 Å². The summed E-state index contributed by atoms with van der Waals surface area (Å²) in [5.74, 6) is 1.99. The van der Waals surface area contributed by atoms with Crippen LogP contribution in [0.15, 0.2) is 53.7 Å². The maximum Gasteiger partial charge on any atom is 0.232 e. The van der Waals surface area contributed by atoms with Gasteiger partial charge in [-0.1, -0.05) is 37.3 Å². The molecule has 2 N–H and O–H groups in total. The van der Waals surface area contributed by atoms with Crippen LogP contribution in [0.4, 0.5) is 17.6 Å². The Labute approximate surface area is 161 Å². The zero-order chi connectivity index (χ0) is 19.2. The van der Waals surface area contributed by atoms with Crippen molar-refractivity contribution in [2.24, 2.45) is 0 Å². The molecule has 140 valence electrons. The van der Waals surface area contributed by atoms with Gasteiger partial charge in [-0.15, -0.1) is 0 Å². The molecule has 0 aliphatic rings.